The number of ether oxygens (including phenoxy) is 18. The standard InChI is InChI=1S/C23H35IO7.C22H33IO7.C21H31IO7/c1-10-23(8,31-22(25)14(4)5)19-17(26-9)13-18(29-15(6)27-11-2)20(24)21(19)30-16(7)28-12-3;1-10-26-14(5)28-17-12-16(25-9)18(22(7,8)30-21(24)13(3)4)20(19(17)23)29-15(6)27-11-2;1-9-25-14(6)28-17-11-16(24-8)18(13(5)27-21(23)12(3)4)20(19(17)22)29-15(7)26-10-2/h13,15-16H,4,10-12H2,1-3,5-9H3;12,14-15H,3,10-11H2,1-2,4-9H3;11,13-15H,3,9-10H2,1-2,4-8H3. The number of carbonyl (C=O) groups is 3. The van der Waals surface area contributed by atoms with Gasteiger partial charge in [-0.1, -0.05) is 26.7 Å². The first kappa shape index (κ1) is 83.5. The zero-order chi connectivity index (χ0) is 69.0. The van der Waals surface area contributed by atoms with Crippen LogP contribution in [0.4, 0.5) is 0 Å². The zero-order valence-electron chi connectivity index (χ0n) is 57.1. The van der Waals surface area contributed by atoms with Crippen molar-refractivity contribution in [2.45, 2.75) is 200 Å². The SMILES string of the molecule is C=C(C)C(=O)OC(C)(C)c1c(OC)cc(OC(C)OCC)c(I)c1OC(C)OCC.C=C(C)C(=O)OC(C)(CC)c1c(OC)cc(OC(C)OCC)c(I)c1OC(C)OCC.C=C(C)C(=O)OC(C)c1c(OC)cc(OC(C)OCC)c(I)c1OC(C)OCC. The van der Waals surface area contributed by atoms with E-state index in [1.165, 1.54) is 14.2 Å². The Hall–Kier alpha value is -4.56. The number of rotatable bonds is 37. The zero-order valence-corrected chi connectivity index (χ0v) is 63.5. The Morgan fingerprint density at radius 1 is 0.422 bits per heavy atom. The van der Waals surface area contributed by atoms with Crippen LogP contribution in [0.3, 0.4) is 0 Å². The third-order valence-corrected chi connectivity index (χ3v) is 15.6. The van der Waals surface area contributed by atoms with Crippen molar-refractivity contribution in [1.82, 2.24) is 0 Å². The van der Waals surface area contributed by atoms with Gasteiger partial charge < -0.3 is 85.3 Å². The molecule has 0 spiro atoms. The van der Waals surface area contributed by atoms with Gasteiger partial charge in [0, 0.05) is 74.6 Å². The predicted octanol–water partition coefficient (Wildman–Crippen LogP) is 15.7. The van der Waals surface area contributed by atoms with Gasteiger partial charge in [0.15, 0.2) is 55.0 Å². The van der Waals surface area contributed by atoms with Gasteiger partial charge in [-0.3, -0.25) is 0 Å². The summed E-state index contributed by atoms with van der Waals surface area (Å²) in [6.07, 6.45) is -3.17. The Kier molecular flexibility index (Phi) is 38.2. The highest BCUT2D eigenvalue weighted by atomic mass is 127. The third-order valence-electron chi connectivity index (χ3n) is 12.5. The van der Waals surface area contributed by atoms with Crippen LogP contribution in [0.25, 0.3) is 0 Å². The summed E-state index contributed by atoms with van der Waals surface area (Å²) >= 11 is 6.42. The number of hydrogen-bond acceptors (Lipinski definition) is 21. The van der Waals surface area contributed by atoms with Gasteiger partial charge in [-0.05, 0) is 206 Å². The monoisotopic (exact) mass is 1610 g/mol. The number of carbonyl (C=O) groups excluding carboxylic acids is 3. The summed E-state index contributed by atoms with van der Waals surface area (Å²) in [5.41, 5.74) is 0.539. The molecule has 90 heavy (non-hydrogen) atoms. The first-order valence-corrected chi connectivity index (χ1v) is 33.0. The fourth-order valence-electron chi connectivity index (χ4n) is 8.25. The number of methoxy groups -OCH3 is 3. The van der Waals surface area contributed by atoms with Crippen LogP contribution < -0.4 is 42.6 Å². The summed E-state index contributed by atoms with van der Waals surface area (Å²) in [4.78, 5) is 36.8. The average Bonchev–Trinajstić information content (AvgIpc) is 0.792. The van der Waals surface area contributed by atoms with Crippen LogP contribution in [0.5, 0.6) is 51.7 Å². The van der Waals surface area contributed by atoms with E-state index in [2.05, 4.69) is 87.5 Å². The van der Waals surface area contributed by atoms with Crippen LogP contribution in [0, 0.1) is 10.7 Å². The molecule has 3 aromatic carbocycles. The highest BCUT2D eigenvalue weighted by molar-refractivity contribution is 14.1. The molecular formula is C66H99I3O21. The molecule has 0 bridgehead atoms. The van der Waals surface area contributed by atoms with E-state index in [1.807, 2.05) is 69.2 Å². The molecule has 510 valence electrons. The first-order valence-electron chi connectivity index (χ1n) is 29.7. The minimum Gasteiger partial charge on any atom is -0.496 e. The van der Waals surface area contributed by atoms with Crippen LogP contribution >= 0.6 is 67.8 Å². The lowest BCUT2D eigenvalue weighted by Gasteiger charge is -2.33. The van der Waals surface area contributed by atoms with E-state index in [0.29, 0.717) is 142 Å². The molecule has 0 fully saturated rings. The quantitative estimate of drug-likeness (QED) is 0.0172. The number of esters is 3. The van der Waals surface area contributed by atoms with Gasteiger partial charge in [-0.25, -0.2) is 14.4 Å². The van der Waals surface area contributed by atoms with Crippen molar-refractivity contribution in [1.29, 1.82) is 0 Å². The molecule has 8 atom stereocenters. The van der Waals surface area contributed by atoms with Crippen molar-refractivity contribution in [2.75, 3.05) is 61.0 Å². The molecule has 8 unspecified atom stereocenters. The van der Waals surface area contributed by atoms with Crippen LogP contribution in [0.2, 0.25) is 0 Å². The van der Waals surface area contributed by atoms with E-state index < -0.39 is 73.0 Å². The maximum absolute atomic E-state index is 12.4. The lowest BCUT2D eigenvalue weighted by molar-refractivity contribution is -0.155. The van der Waals surface area contributed by atoms with Crippen molar-refractivity contribution in [3.63, 3.8) is 0 Å². The van der Waals surface area contributed by atoms with Gasteiger partial charge in [-0.2, -0.15) is 0 Å². The topological polar surface area (TPSA) is 217 Å². The predicted molar refractivity (Wildman–Crippen MR) is 369 cm³/mol. The van der Waals surface area contributed by atoms with Gasteiger partial charge in [0.2, 0.25) is 0 Å². The molecule has 0 aromatic heterocycles. The van der Waals surface area contributed by atoms with Crippen LogP contribution in [0.15, 0.2) is 54.7 Å². The highest BCUT2D eigenvalue weighted by Crippen LogP contribution is 2.51. The van der Waals surface area contributed by atoms with Gasteiger partial charge in [0.05, 0.1) is 48.7 Å². The molecule has 0 saturated heterocycles. The molecule has 0 N–H and O–H groups in total. The average molecular weight is 1610 g/mol. The molecule has 0 aliphatic heterocycles. The summed E-state index contributed by atoms with van der Waals surface area (Å²) in [7, 11) is 4.62. The Morgan fingerprint density at radius 2 is 0.711 bits per heavy atom. The lowest BCUT2D eigenvalue weighted by Crippen LogP contribution is -2.31. The van der Waals surface area contributed by atoms with Crippen molar-refractivity contribution in [3.05, 3.63) is 82.1 Å². The van der Waals surface area contributed by atoms with E-state index in [1.54, 1.807) is 94.5 Å². The third kappa shape index (κ3) is 25.7. The Bertz CT molecular complexity index is 2810. The second kappa shape index (κ2) is 41.2. The van der Waals surface area contributed by atoms with Gasteiger partial charge >= 0.3 is 17.9 Å². The minimum absolute atomic E-state index is 0.299. The van der Waals surface area contributed by atoms with Gasteiger partial charge in [-0.15, -0.1) is 0 Å². The second-order valence-corrected chi connectivity index (χ2v) is 23.7. The first-order chi connectivity index (χ1) is 42.2. The normalized spacial score (nSPS) is 14.1. The summed E-state index contributed by atoms with van der Waals surface area (Å²) < 4.78 is 105. The lowest BCUT2D eigenvalue weighted by atomic mass is 9.90. The van der Waals surface area contributed by atoms with Crippen molar-refractivity contribution >= 4 is 85.7 Å². The molecular weight excluding hydrogens is 1510 g/mol. The smallest absolute Gasteiger partial charge is 0.333 e. The van der Waals surface area contributed by atoms with Gasteiger partial charge in [0.1, 0.15) is 51.8 Å². The second-order valence-electron chi connectivity index (χ2n) is 20.4. The summed E-state index contributed by atoms with van der Waals surface area (Å²) in [6.45, 7) is 50.0. The van der Waals surface area contributed by atoms with Crippen LogP contribution in [-0.4, -0.2) is 117 Å². The summed E-state index contributed by atoms with van der Waals surface area (Å²) in [6, 6.07) is 5.23. The fraction of sp³-hybridized carbons (Fsp3) is 0.591. The molecule has 0 amide bonds. The Labute approximate surface area is 575 Å². The number of halogens is 3. The van der Waals surface area contributed by atoms with E-state index in [9.17, 15) is 14.4 Å². The van der Waals surface area contributed by atoms with Gasteiger partial charge in [0.25, 0.3) is 0 Å². The Balaban J connectivity index is 0.000000675. The van der Waals surface area contributed by atoms with E-state index >= 15 is 0 Å². The molecule has 24 heteroatoms. The Morgan fingerprint density at radius 3 is 1.03 bits per heavy atom. The van der Waals surface area contributed by atoms with Crippen molar-refractivity contribution < 1.29 is 99.6 Å². The minimum atomic E-state index is -1.08. The summed E-state index contributed by atoms with van der Waals surface area (Å²) in [5, 5.41) is 0. The summed E-state index contributed by atoms with van der Waals surface area (Å²) in [5.74, 6) is 2.87. The van der Waals surface area contributed by atoms with E-state index in [4.69, 9.17) is 85.3 Å². The molecule has 3 rings (SSSR count). The maximum Gasteiger partial charge on any atom is 0.333 e. The fourth-order valence-corrected chi connectivity index (χ4v) is 10.3. The van der Waals surface area contributed by atoms with E-state index in [-0.39, 0.29) is 0 Å². The molecule has 3 aromatic rings. The molecule has 0 heterocycles. The molecule has 0 radical (unpaired) electrons. The molecule has 0 aliphatic rings. The van der Waals surface area contributed by atoms with E-state index in [0.717, 1.165) is 0 Å². The number of hydrogen-bond donors (Lipinski definition) is 0. The highest BCUT2D eigenvalue weighted by Gasteiger charge is 2.40. The maximum atomic E-state index is 12.4. The number of benzene rings is 3. The molecule has 0 saturated carbocycles. The largest absolute Gasteiger partial charge is 0.496 e. The molecule has 21 nitrogen and oxygen atoms in total. The van der Waals surface area contributed by atoms with Crippen molar-refractivity contribution in [2.24, 2.45) is 0 Å². The van der Waals surface area contributed by atoms with Crippen LogP contribution in [0.1, 0.15) is 168 Å². The molecule has 0 aliphatic carbocycles. The van der Waals surface area contributed by atoms with Crippen molar-refractivity contribution in [3.8, 4) is 51.7 Å². The van der Waals surface area contributed by atoms with Crippen LogP contribution in [-0.2, 0) is 68.2 Å².